The molecule has 1 heterocycles. The zero-order valence-electron chi connectivity index (χ0n) is 13.6. The predicted molar refractivity (Wildman–Crippen MR) is 88.5 cm³/mol. The van der Waals surface area contributed by atoms with Gasteiger partial charge in [0, 0.05) is 25.7 Å². The van der Waals surface area contributed by atoms with Crippen molar-refractivity contribution in [1.29, 1.82) is 0 Å². The second-order valence-electron chi connectivity index (χ2n) is 6.35. The van der Waals surface area contributed by atoms with Crippen LogP contribution in [0, 0.1) is 12.8 Å². The summed E-state index contributed by atoms with van der Waals surface area (Å²) in [5.41, 5.74) is 3.88. The van der Waals surface area contributed by atoms with Crippen molar-refractivity contribution < 1.29 is 0 Å². The predicted octanol–water partition coefficient (Wildman–Crippen LogP) is 3.30. The molecule has 2 aromatic rings. The molecule has 0 aliphatic rings. The highest BCUT2D eigenvalue weighted by atomic mass is 15.2. The number of aryl methyl sites for hydroxylation is 2. The van der Waals surface area contributed by atoms with Gasteiger partial charge >= 0.3 is 0 Å². The summed E-state index contributed by atoms with van der Waals surface area (Å²) in [5.74, 6) is 1.15. The first kappa shape index (κ1) is 15.8. The van der Waals surface area contributed by atoms with Crippen LogP contribution in [0.5, 0.6) is 0 Å². The van der Waals surface area contributed by atoms with Crippen LogP contribution in [0.15, 0.2) is 36.5 Å². The molecule has 1 atom stereocenters. The van der Waals surface area contributed by atoms with Crippen LogP contribution in [0.25, 0.3) is 0 Å². The number of rotatable bonds is 7. The van der Waals surface area contributed by atoms with E-state index in [9.17, 15) is 0 Å². The topological polar surface area (TPSA) is 29.9 Å². The first-order valence-corrected chi connectivity index (χ1v) is 7.80. The highest BCUT2D eigenvalue weighted by molar-refractivity contribution is 5.27. The molecule has 3 heteroatoms. The van der Waals surface area contributed by atoms with Gasteiger partial charge in [-0.2, -0.15) is 5.10 Å². The minimum Gasteiger partial charge on any atom is -0.316 e. The lowest BCUT2D eigenvalue weighted by atomic mass is 9.93. The normalized spacial score (nSPS) is 12.8. The molecule has 0 radical (unpaired) electrons. The summed E-state index contributed by atoms with van der Waals surface area (Å²) in [4.78, 5) is 0. The van der Waals surface area contributed by atoms with Crippen molar-refractivity contribution in [3.05, 3.63) is 53.3 Å². The van der Waals surface area contributed by atoms with Gasteiger partial charge in [0.1, 0.15) is 0 Å². The second kappa shape index (κ2) is 7.41. The van der Waals surface area contributed by atoms with Gasteiger partial charge in [-0.05, 0) is 37.4 Å². The zero-order valence-corrected chi connectivity index (χ0v) is 13.6. The average Bonchev–Trinajstić information content (AvgIpc) is 2.83. The Morgan fingerprint density at radius 2 is 2.00 bits per heavy atom. The summed E-state index contributed by atoms with van der Waals surface area (Å²) in [5, 5.41) is 8.13. The fourth-order valence-corrected chi connectivity index (χ4v) is 2.60. The van der Waals surface area contributed by atoms with E-state index in [1.165, 1.54) is 11.1 Å². The number of benzene rings is 1. The van der Waals surface area contributed by atoms with Crippen LogP contribution in [-0.4, -0.2) is 22.9 Å². The lowest BCUT2D eigenvalue weighted by Gasteiger charge is -2.19. The van der Waals surface area contributed by atoms with Crippen LogP contribution in [-0.2, 0) is 13.5 Å². The van der Waals surface area contributed by atoms with Gasteiger partial charge in [-0.15, -0.1) is 0 Å². The summed E-state index contributed by atoms with van der Waals surface area (Å²) < 4.78 is 1.88. The molecule has 0 saturated heterocycles. The van der Waals surface area contributed by atoms with E-state index >= 15 is 0 Å². The van der Waals surface area contributed by atoms with E-state index in [0.717, 1.165) is 25.2 Å². The van der Waals surface area contributed by atoms with Crippen LogP contribution in [0.4, 0.5) is 0 Å². The molecular weight excluding hydrogens is 258 g/mol. The second-order valence-corrected chi connectivity index (χ2v) is 6.35. The van der Waals surface area contributed by atoms with E-state index in [4.69, 9.17) is 0 Å². The van der Waals surface area contributed by atoms with E-state index in [1.54, 1.807) is 0 Å². The Labute approximate surface area is 128 Å². The van der Waals surface area contributed by atoms with Crippen molar-refractivity contribution in [2.24, 2.45) is 13.0 Å². The summed E-state index contributed by atoms with van der Waals surface area (Å²) in [7, 11) is 1.97. The number of hydrogen-bond donors (Lipinski definition) is 1. The van der Waals surface area contributed by atoms with Crippen LogP contribution in [0.1, 0.15) is 36.6 Å². The maximum absolute atomic E-state index is 4.53. The van der Waals surface area contributed by atoms with Gasteiger partial charge in [-0.1, -0.05) is 43.7 Å². The minimum absolute atomic E-state index is 0.471. The van der Waals surface area contributed by atoms with Gasteiger partial charge in [0.15, 0.2) is 0 Å². The van der Waals surface area contributed by atoms with E-state index in [-0.39, 0.29) is 0 Å². The standard InChI is InChI=1S/C18H27N3/c1-14(2)12-19-13-17(11-18-8-9-21(4)20-18)16-7-5-6-15(3)10-16/h5-10,14,17,19H,11-13H2,1-4H3. The largest absolute Gasteiger partial charge is 0.316 e. The maximum Gasteiger partial charge on any atom is 0.0631 e. The minimum atomic E-state index is 0.471. The molecule has 3 nitrogen and oxygen atoms in total. The molecule has 0 amide bonds. The fraction of sp³-hybridized carbons (Fsp3) is 0.500. The van der Waals surface area contributed by atoms with E-state index in [0.29, 0.717) is 11.8 Å². The molecule has 1 aromatic carbocycles. The van der Waals surface area contributed by atoms with Gasteiger partial charge in [0.05, 0.1) is 5.69 Å². The molecule has 1 unspecified atom stereocenters. The molecule has 0 bridgehead atoms. The zero-order chi connectivity index (χ0) is 15.2. The molecular formula is C18H27N3. The van der Waals surface area contributed by atoms with Gasteiger partial charge in [0.2, 0.25) is 0 Å². The van der Waals surface area contributed by atoms with Crippen molar-refractivity contribution in [3.8, 4) is 0 Å². The van der Waals surface area contributed by atoms with Crippen molar-refractivity contribution in [2.75, 3.05) is 13.1 Å². The van der Waals surface area contributed by atoms with Gasteiger partial charge in [0.25, 0.3) is 0 Å². The van der Waals surface area contributed by atoms with Gasteiger partial charge in [-0.3, -0.25) is 4.68 Å². The Morgan fingerprint density at radius 1 is 1.19 bits per heavy atom. The molecule has 1 N–H and O–H groups in total. The number of aromatic nitrogens is 2. The molecule has 0 aliphatic carbocycles. The van der Waals surface area contributed by atoms with Gasteiger partial charge in [-0.25, -0.2) is 0 Å². The summed E-state index contributed by atoms with van der Waals surface area (Å²) in [6, 6.07) is 11.0. The van der Waals surface area contributed by atoms with Crippen molar-refractivity contribution in [3.63, 3.8) is 0 Å². The molecule has 114 valence electrons. The fourth-order valence-electron chi connectivity index (χ4n) is 2.60. The van der Waals surface area contributed by atoms with E-state index < -0.39 is 0 Å². The maximum atomic E-state index is 4.53. The van der Waals surface area contributed by atoms with E-state index in [1.807, 2.05) is 17.9 Å². The number of nitrogens with one attached hydrogen (secondary N) is 1. The van der Waals surface area contributed by atoms with Crippen LogP contribution in [0.3, 0.4) is 0 Å². The summed E-state index contributed by atoms with van der Waals surface area (Å²) >= 11 is 0. The lowest BCUT2D eigenvalue weighted by Crippen LogP contribution is -2.26. The molecule has 0 fully saturated rings. The molecule has 1 aromatic heterocycles. The number of nitrogens with zero attached hydrogens (tertiary/aromatic N) is 2. The average molecular weight is 285 g/mol. The van der Waals surface area contributed by atoms with Crippen molar-refractivity contribution in [2.45, 2.75) is 33.1 Å². The SMILES string of the molecule is Cc1cccc(C(CNCC(C)C)Cc2ccn(C)n2)c1. The molecule has 0 aliphatic heterocycles. The smallest absolute Gasteiger partial charge is 0.0631 e. The third-order valence-corrected chi connectivity index (χ3v) is 3.68. The summed E-state index contributed by atoms with van der Waals surface area (Å²) in [6.07, 6.45) is 3.00. The Morgan fingerprint density at radius 3 is 2.62 bits per heavy atom. The van der Waals surface area contributed by atoms with Crippen LogP contribution >= 0.6 is 0 Å². The third-order valence-electron chi connectivity index (χ3n) is 3.68. The van der Waals surface area contributed by atoms with Crippen LogP contribution in [0.2, 0.25) is 0 Å². The first-order valence-electron chi connectivity index (χ1n) is 7.80. The van der Waals surface area contributed by atoms with E-state index in [2.05, 4.69) is 61.5 Å². The first-order chi connectivity index (χ1) is 10.0. The Bertz CT molecular complexity index is 557. The molecule has 0 spiro atoms. The Kier molecular flexibility index (Phi) is 5.57. The Balaban J connectivity index is 2.09. The highest BCUT2D eigenvalue weighted by Crippen LogP contribution is 2.21. The van der Waals surface area contributed by atoms with Crippen molar-refractivity contribution in [1.82, 2.24) is 15.1 Å². The molecule has 0 saturated carbocycles. The van der Waals surface area contributed by atoms with Crippen molar-refractivity contribution >= 4 is 0 Å². The lowest BCUT2D eigenvalue weighted by molar-refractivity contribution is 0.511. The third kappa shape index (κ3) is 5.01. The van der Waals surface area contributed by atoms with Gasteiger partial charge < -0.3 is 5.32 Å². The highest BCUT2D eigenvalue weighted by Gasteiger charge is 2.14. The monoisotopic (exact) mass is 285 g/mol. The number of hydrogen-bond acceptors (Lipinski definition) is 2. The quantitative estimate of drug-likeness (QED) is 0.846. The molecule has 21 heavy (non-hydrogen) atoms. The molecule has 2 rings (SSSR count). The summed E-state index contributed by atoms with van der Waals surface area (Å²) in [6.45, 7) is 8.70. The Hall–Kier alpha value is -1.61. The van der Waals surface area contributed by atoms with Crippen LogP contribution < -0.4 is 5.32 Å².